The third-order valence-electron chi connectivity index (χ3n) is 5.01. The highest BCUT2D eigenvalue weighted by Crippen LogP contribution is 2.41. The Bertz CT molecular complexity index is 939. The fraction of sp³-hybridized carbons (Fsp3) is 0.409. The third kappa shape index (κ3) is 3.46. The van der Waals surface area contributed by atoms with Gasteiger partial charge >= 0.3 is 0 Å². The summed E-state index contributed by atoms with van der Waals surface area (Å²) in [6.45, 7) is 5.70. The lowest BCUT2D eigenvalue weighted by molar-refractivity contribution is 0.0757. The van der Waals surface area contributed by atoms with Gasteiger partial charge in [0.2, 0.25) is 0 Å². The zero-order valence-electron chi connectivity index (χ0n) is 15.9. The van der Waals surface area contributed by atoms with Crippen LogP contribution in [0.15, 0.2) is 40.9 Å². The monoisotopic (exact) mass is 363 g/mol. The Kier molecular flexibility index (Phi) is 4.92. The van der Waals surface area contributed by atoms with E-state index in [0.29, 0.717) is 22.9 Å². The predicted octanol–water partition coefficient (Wildman–Crippen LogP) is 5.03. The number of nitrogens with zero attached hydrogens (tertiary/aromatic N) is 3. The Hall–Kier alpha value is -2.69. The van der Waals surface area contributed by atoms with Crippen LogP contribution in [0, 0.1) is 0 Å². The van der Waals surface area contributed by atoms with Gasteiger partial charge in [0.1, 0.15) is 5.69 Å². The smallest absolute Gasteiger partial charge is 0.259 e. The van der Waals surface area contributed by atoms with Crippen molar-refractivity contribution in [2.45, 2.75) is 45.4 Å². The molecule has 0 aliphatic heterocycles. The molecule has 5 heteroatoms. The number of benzene rings is 1. The van der Waals surface area contributed by atoms with Crippen LogP contribution in [0.5, 0.6) is 0 Å². The second kappa shape index (κ2) is 7.51. The van der Waals surface area contributed by atoms with Crippen LogP contribution in [0.2, 0.25) is 0 Å². The fourth-order valence-corrected chi connectivity index (χ4v) is 3.55. The molecule has 27 heavy (non-hydrogen) atoms. The average Bonchev–Trinajstić information content (AvgIpc) is 3.46. The molecule has 3 aromatic rings. The molecule has 0 saturated heterocycles. The van der Waals surface area contributed by atoms with Crippen molar-refractivity contribution in [1.29, 1.82) is 0 Å². The quantitative estimate of drug-likeness (QED) is 0.591. The van der Waals surface area contributed by atoms with E-state index in [2.05, 4.69) is 24.0 Å². The summed E-state index contributed by atoms with van der Waals surface area (Å²) in [7, 11) is 0. The summed E-state index contributed by atoms with van der Waals surface area (Å²) < 4.78 is 5.58. The molecule has 5 nitrogen and oxygen atoms in total. The first kappa shape index (κ1) is 17.7. The second-order valence-corrected chi connectivity index (χ2v) is 7.24. The molecule has 1 aliphatic carbocycles. The summed E-state index contributed by atoms with van der Waals surface area (Å²) in [5, 5.41) is 5.00. The molecule has 1 amide bonds. The van der Waals surface area contributed by atoms with E-state index in [1.54, 1.807) is 0 Å². The number of carbonyl (C=O) groups is 1. The van der Waals surface area contributed by atoms with Gasteiger partial charge in [-0.2, -0.15) is 0 Å². The van der Waals surface area contributed by atoms with Crippen molar-refractivity contribution in [2.24, 2.45) is 0 Å². The van der Waals surface area contributed by atoms with Crippen molar-refractivity contribution < 1.29 is 9.32 Å². The summed E-state index contributed by atoms with van der Waals surface area (Å²) in [4.78, 5) is 20.1. The highest BCUT2D eigenvalue weighted by Gasteiger charge is 2.30. The van der Waals surface area contributed by atoms with Gasteiger partial charge in [-0.25, -0.2) is 4.98 Å². The standard InChI is InChI=1S/C22H25N3O2/c1-3-12-25(13-4-2)22(26)17-14-18(15-10-11-15)23-21-19(17)20(24-27-21)16-8-6-5-7-9-16/h5-9,14-15H,3-4,10-13H2,1-2H3. The maximum atomic E-state index is 13.4. The lowest BCUT2D eigenvalue weighted by Crippen LogP contribution is -2.32. The van der Waals surface area contributed by atoms with Crippen LogP contribution < -0.4 is 0 Å². The third-order valence-corrected chi connectivity index (χ3v) is 5.01. The second-order valence-electron chi connectivity index (χ2n) is 7.24. The molecule has 4 rings (SSSR count). The Morgan fingerprint density at radius 1 is 1.15 bits per heavy atom. The van der Waals surface area contributed by atoms with Gasteiger partial charge in [0.15, 0.2) is 0 Å². The molecule has 1 fully saturated rings. The number of aromatic nitrogens is 2. The van der Waals surface area contributed by atoms with E-state index in [4.69, 9.17) is 4.52 Å². The molecule has 1 aliphatic rings. The first-order valence-electron chi connectivity index (χ1n) is 9.88. The minimum absolute atomic E-state index is 0.0494. The van der Waals surface area contributed by atoms with E-state index in [9.17, 15) is 4.79 Å². The van der Waals surface area contributed by atoms with Crippen LogP contribution in [0.4, 0.5) is 0 Å². The maximum Gasteiger partial charge on any atom is 0.259 e. The minimum atomic E-state index is 0.0494. The van der Waals surface area contributed by atoms with Gasteiger partial charge < -0.3 is 9.42 Å². The van der Waals surface area contributed by atoms with Crippen LogP contribution in [-0.4, -0.2) is 34.0 Å². The molecule has 0 radical (unpaired) electrons. The molecule has 1 saturated carbocycles. The number of fused-ring (bicyclic) bond motifs is 1. The molecule has 1 aromatic carbocycles. The molecule has 0 spiro atoms. The Labute approximate surface area is 159 Å². The van der Waals surface area contributed by atoms with E-state index in [0.717, 1.165) is 55.4 Å². The molecular weight excluding hydrogens is 338 g/mol. The normalized spacial score (nSPS) is 13.9. The maximum absolute atomic E-state index is 13.4. The lowest BCUT2D eigenvalue weighted by atomic mass is 10.0. The number of hydrogen-bond donors (Lipinski definition) is 0. The molecular formula is C22H25N3O2. The van der Waals surface area contributed by atoms with Crippen molar-refractivity contribution in [1.82, 2.24) is 15.0 Å². The Morgan fingerprint density at radius 2 is 1.85 bits per heavy atom. The summed E-state index contributed by atoms with van der Waals surface area (Å²) >= 11 is 0. The topological polar surface area (TPSA) is 59.2 Å². The van der Waals surface area contributed by atoms with Gasteiger partial charge in [-0.05, 0) is 31.7 Å². The number of rotatable bonds is 7. The first-order chi connectivity index (χ1) is 13.2. The Balaban J connectivity index is 1.88. The van der Waals surface area contributed by atoms with E-state index < -0.39 is 0 Å². The number of amides is 1. The van der Waals surface area contributed by atoms with E-state index in [1.165, 1.54) is 0 Å². The lowest BCUT2D eigenvalue weighted by Gasteiger charge is -2.22. The van der Waals surface area contributed by atoms with Gasteiger partial charge in [0.05, 0.1) is 10.9 Å². The fourth-order valence-electron chi connectivity index (χ4n) is 3.55. The van der Waals surface area contributed by atoms with Crippen LogP contribution in [0.25, 0.3) is 22.4 Å². The van der Waals surface area contributed by atoms with Gasteiger partial charge in [-0.15, -0.1) is 0 Å². The van der Waals surface area contributed by atoms with E-state index in [-0.39, 0.29) is 5.91 Å². The first-order valence-corrected chi connectivity index (χ1v) is 9.88. The number of pyridine rings is 1. The summed E-state index contributed by atoms with van der Waals surface area (Å²) in [5.41, 5.74) is 3.72. The van der Waals surface area contributed by atoms with Crippen molar-refractivity contribution in [3.63, 3.8) is 0 Å². The van der Waals surface area contributed by atoms with Gasteiger partial charge in [-0.3, -0.25) is 4.79 Å². The minimum Gasteiger partial charge on any atom is -0.339 e. The summed E-state index contributed by atoms with van der Waals surface area (Å²) in [5.74, 6) is 0.491. The highest BCUT2D eigenvalue weighted by atomic mass is 16.5. The molecule has 0 bridgehead atoms. The van der Waals surface area contributed by atoms with Crippen LogP contribution >= 0.6 is 0 Å². The van der Waals surface area contributed by atoms with Crippen LogP contribution in [0.3, 0.4) is 0 Å². The van der Waals surface area contributed by atoms with E-state index in [1.807, 2.05) is 41.3 Å². The zero-order valence-corrected chi connectivity index (χ0v) is 15.9. The number of hydrogen-bond acceptors (Lipinski definition) is 4. The largest absolute Gasteiger partial charge is 0.339 e. The molecule has 0 atom stereocenters. The van der Waals surface area contributed by atoms with Crippen molar-refractivity contribution in [3.8, 4) is 11.3 Å². The SMILES string of the molecule is CCCN(CCC)C(=O)c1cc(C2CC2)nc2onc(-c3ccccc3)c12. The molecule has 140 valence electrons. The molecule has 2 heterocycles. The van der Waals surface area contributed by atoms with E-state index >= 15 is 0 Å². The van der Waals surface area contributed by atoms with Crippen molar-refractivity contribution >= 4 is 17.0 Å². The van der Waals surface area contributed by atoms with Gasteiger partial charge in [-0.1, -0.05) is 49.3 Å². The van der Waals surface area contributed by atoms with Crippen molar-refractivity contribution in [3.05, 3.63) is 47.7 Å². The van der Waals surface area contributed by atoms with Crippen molar-refractivity contribution in [2.75, 3.05) is 13.1 Å². The Morgan fingerprint density at radius 3 is 2.48 bits per heavy atom. The van der Waals surface area contributed by atoms with Crippen LogP contribution in [0.1, 0.15) is 61.5 Å². The zero-order chi connectivity index (χ0) is 18.8. The molecule has 2 aromatic heterocycles. The summed E-state index contributed by atoms with van der Waals surface area (Å²) in [6.07, 6.45) is 4.12. The predicted molar refractivity (Wildman–Crippen MR) is 106 cm³/mol. The van der Waals surface area contributed by atoms with Gasteiger partial charge in [0.25, 0.3) is 11.6 Å². The summed E-state index contributed by atoms with van der Waals surface area (Å²) in [6, 6.07) is 11.8. The average molecular weight is 363 g/mol. The molecule has 0 unspecified atom stereocenters. The van der Waals surface area contributed by atoms with Gasteiger partial charge in [0, 0.05) is 30.3 Å². The number of carbonyl (C=O) groups excluding carboxylic acids is 1. The van der Waals surface area contributed by atoms with Crippen LogP contribution in [-0.2, 0) is 0 Å². The molecule has 0 N–H and O–H groups in total. The highest BCUT2D eigenvalue weighted by molar-refractivity contribution is 6.09.